The van der Waals surface area contributed by atoms with E-state index in [1.165, 1.54) is 4.68 Å². The van der Waals surface area contributed by atoms with E-state index >= 15 is 0 Å². The van der Waals surface area contributed by atoms with Crippen molar-refractivity contribution in [1.82, 2.24) is 9.78 Å². The Kier molecular flexibility index (Phi) is 6.51. The molecular weight excluding hydrogens is 416 g/mol. The maximum Gasteiger partial charge on any atom is 0.345 e. The number of rotatable bonds is 9. The quantitative estimate of drug-likeness (QED) is 0.269. The zero-order valence-corrected chi connectivity index (χ0v) is 15.5. The van der Waals surface area contributed by atoms with Crippen molar-refractivity contribution in [2.45, 2.75) is 25.9 Å². The molecule has 9 nitrogen and oxygen atoms in total. The molecule has 0 bridgehead atoms. The van der Waals surface area contributed by atoms with E-state index in [4.69, 9.17) is 4.55 Å². The van der Waals surface area contributed by atoms with E-state index in [1.807, 2.05) is 30.3 Å². The van der Waals surface area contributed by atoms with Crippen LogP contribution in [0.3, 0.4) is 0 Å². The lowest BCUT2D eigenvalue weighted by Crippen LogP contribution is -2.11. The highest BCUT2D eigenvalue weighted by Crippen LogP contribution is 2.33. The number of unbranched alkanes of at least 4 members (excludes halogenated alkanes) is 1. The fraction of sp³-hybridized carbons (Fsp3) is 0.357. The highest BCUT2D eigenvalue weighted by molar-refractivity contribution is 9.10. The Hall–Kier alpha value is -1.98. The SMILES string of the molecule is O=[N+]([O-])c1c(Br)nn(CCCCS(=O)(=O)O)c1NCc1ccccc1. The fourth-order valence-corrected chi connectivity index (χ4v) is 3.34. The van der Waals surface area contributed by atoms with Gasteiger partial charge in [0, 0.05) is 13.1 Å². The van der Waals surface area contributed by atoms with Gasteiger partial charge >= 0.3 is 5.69 Å². The molecule has 0 radical (unpaired) electrons. The predicted molar refractivity (Wildman–Crippen MR) is 96.0 cm³/mol. The van der Waals surface area contributed by atoms with E-state index in [9.17, 15) is 18.5 Å². The Morgan fingerprint density at radius 2 is 1.96 bits per heavy atom. The van der Waals surface area contributed by atoms with Crippen LogP contribution in [0.4, 0.5) is 11.5 Å². The number of nitrogens with zero attached hydrogens (tertiary/aromatic N) is 3. The summed E-state index contributed by atoms with van der Waals surface area (Å²) in [5, 5.41) is 18.4. The lowest BCUT2D eigenvalue weighted by molar-refractivity contribution is -0.384. The van der Waals surface area contributed by atoms with Crippen LogP contribution in [-0.2, 0) is 23.2 Å². The molecule has 0 aliphatic carbocycles. The molecule has 0 unspecified atom stereocenters. The minimum Gasteiger partial charge on any atom is -0.360 e. The van der Waals surface area contributed by atoms with Crippen molar-refractivity contribution in [1.29, 1.82) is 0 Å². The van der Waals surface area contributed by atoms with Gasteiger partial charge in [-0.05, 0) is 34.3 Å². The molecular formula is C14H17BrN4O5S. The van der Waals surface area contributed by atoms with E-state index in [1.54, 1.807) is 0 Å². The second-order valence-corrected chi connectivity index (χ2v) is 7.62. The van der Waals surface area contributed by atoms with Crippen LogP contribution < -0.4 is 5.32 Å². The Labute approximate surface area is 153 Å². The number of aromatic nitrogens is 2. The second-order valence-electron chi connectivity index (χ2n) is 5.30. The third-order valence-corrected chi connectivity index (χ3v) is 4.73. The number of anilines is 1. The smallest absolute Gasteiger partial charge is 0.345 e. The van der Waals surface area contributed by atoms with E-state index in [0.717, 1.165) is 5.56 Å². The molecule has 0 aliphatic rings. The molecule has 0 fully saturated rings. The number of aryl methyl sites for hydroxylation is 1. The van der Waals surface area contributed by atoms with Gasteiger partial charge in [0.15, 0.2) is 0 Å². The molecule has 1 aromatic carbocycles. The van der Waals surface area contributed by atoms with Crippen LogP contribution in [0.2, 0.25) is 0 Å². The molecule has 0 atom stereocenters. The topological polar surface area (TPSA) is 127 Å². The predicted octanol–water partition coefficient (Wildman–Crippen LogP) is 2.83. The highest BCUT2D eigenvalue weighted by atomic mass is 79.9. The summed E-state index contributed by atoms with van der Waals surface area (Å²) in [5.41, 5.74) is 0.776. The molecule has 0 aliphatic heterocycles. The maximum atomic E-state index is 11.3. The maximum absolute atomic E-state index is 11.3. The number of nitro groups is 1. The van der Waals surface area contributed by atoms with Gasteiger partial charge in [-0.2, -0.15) is 13.5 Å². The monoisotopic (exact) mass is 432 g/mol. The van der Waals surface area contributed by atoms with Crippen LogP contribution in [0.5, 0.6) is 0 Å². The van der Waals surface area contributed by atoms with Crippen LogP contribution in [-0.4, -0.2) is 33.4 Å². The van der Waals surface area contributed by atoms with Gasteiger partial charge in [-0.15, -0.1) is 0 Å². The lowest BCUT2D eigenvalue weighted by atomic mass is 10.2. The fourth-order valence-electron chi connectivity index (χ4n) is 2.25. The van der Waals surface area contributed by atoms with Crippen molar-refractivity contribution in [3.8, 4) is 0 Å². The molecule has 0 spiro atoms. The largest absolute Gasteiger partial charge is 0.360 e. The molecule has 0 saturated carbocycles. The minimum atomic E-state index is -4.01. The van der Waals surface area contributed by atoms with Crippen LogP contribution in [0, 0.1) is 10.1 Å². The van der Waals surface area contributed by atoms with E-state index in [-0.39, 0.29) is 34.8 Å². The van der Waals surface area contributed by atoms with E-state index in [0.29, 0.717) is 13.0 Å². The molecule has 11 heteroatoms. The number of hydrogen-bond donors (Lipinski definition) is 2. The highest BCUT2D eigenvalue weighted by Gasteiger charge is 2.26. The first-order valence-electron chi connectivity index (χ1n) is 7.41. The van der Waals surface area contributed by atoms with E-state index in [2.05, 4.69) is 26.3 Å². The van der Waals surface area contributed by atoms with Gasteiger partial charge in [-0.1, -0.05) is 30.3 Å². The van der Waals surface area contributed by atoms with Crippen molar-refractivity contribution < 1.29 is 17.9 Å². The first-order chi connectivity index (χ1) is 11.8. The van der Waals surface area contributed by atoms with Crippen molar-refractivity contribution in [3.63, 3.8) is 0 Å². The number of halogens is 1. The zero-order chi connectivity index (χ0) is 18.4. The van der Waals surface area contributed by atoms with Crippen LogP contribution >= 0.6 is 15.9 Å². The molecule has 2 rings (SSSR count). The minimum absolute atomic E-state index is 0.0999. The molecule has 1 heterocycles. The van der Waals surface area contributed by atoms with Crippen molar-refractivity contribution in [2.75, 3.05) is 11.1 Å². The zero-order valence-electron chi connectivity index (χ0n) is 13.1. The van der Waals surface area contributed by atoms with E-state index < -0.39 is 15.0 Å². The van der Waals surface area contributed by atoms with Crippen molar-refractivity contribution in [2.24, 2.45) is 0 Å². The van der Waals surface area contributed by atoms with Gasteiger partial charge in [0.1, 0.15) is 0 Å². The molecule has 136 valence electrons. The molecule has 25 heavy (non-hydrogen) atoms. The second kappa shape index (κ2) is 8.41. The van der Waals surface area contributed by atoms with Gasteiger partial charge < -0.3 is 5.32 Å². The first-order valence-corrected chi connectivity index (χ1v) is 9.82. The third kappa shape index (κ3) is 5.80. The Balaban J connectivity index is 2.12. The van der Waals surface area contributed by atoms with Crippen molar-refractivity contribution >= 4 is 37.6 Å². The van der Waals surface area contributed by atoms with Gasteiger partial charge in [-0.25, -0.2) is 4.68 Å². The van der Waals surface area contributed by atoms with Gasteiger partial charge in [-0.3, -0.25) is 14.7 Å². The van der Waals surface area contributed by atoms with Gasteiger partial charge in [0.25, 0.3) is 10.1 Å². The molecule has 1 aromatic heterocycles. The summed E-state index contributed by atoms with van der Waals surface area (Å²) in [6.45, 7) is 0.657. The first kappa shape index (κ1) is 19.3. The van der Waals surface area contributed by atoms with Crippen LogP contribution in [0.25, 0.3) is 0 Å². The summed E-state index contributed by atoms with van der Waals surface area (Å²) >= 11 is 3.09. The normalized spacial score (nSPS) is 11.4. The molecule has 0 amide bonds. The summed E-state index contributed by atoms with van der Waals surface area (Å²) in [7, 11) is -4.01. The number of benzene rings is 1. The number of nitrogens with one attached hydrogen (secondary N) is 1. The lowest BCUT2D eigenvalue weighted by Gasteiger charge is -2.09. The molecule has 2 N–H and O–H groups in total. The molecule has 2 aromatic rings. The summed E-state index contributed by atoms with van der Waals surface area (Å²) in [6.07, 6.45) is 0.618. The molecule has 0 saturated heterocycles. The van der Waals surface area contributed by atoms with Gasteiger partial charge in [0.2, 0.25) is 10.4 Å². The Morgan fingerprint density at radius 3 is 2.56 bits per heavy atom. The average Bonchev–Trinajstić information content (AvgIpc) is 2.85. The van der Waals surface area contributed by atoms with Crippen molar-refractivity contribution in [3.05, 3.63) is 50.6 Å². The standard InChI is InChI=1S/C14H17BrN4O5S/c15-13-12(19(20)21)14(16-10-11-6-2-1-3-7-11)18(17-13)8-4-5-9-25(22,23)24/h1-3,6-7,16H,4-5,8-10H2,(H,22,23,24). The Bertz CT molecular complexity index is 838. The summed E-state index contributed by atoms with van der Waals surface area (Å²) in [5.74, 6) is -0.114. The van der Waals surface area contributed by atoms with Crippen LogP contribution in [0.1, 0.15) is 18.4 Å². The third-order valence-electron chi connectivity index (χ3n) is 3.39. The Morgan fingerprint density at radius 1 is 1.28 bits per heavy atom. The number of hydrogen-bond acceptors (Lipinski definition) is 6. The average molecular weight is 433 g/mol. The summed E-state index contributed by atoms with van der Waals surface area (Å²) in [4.78, 5) is 10.8. The summed E-state index contributed by atoms with van der Waals surface area (Å²) in [6, 6.07) is 9.39. The summed E-state index contributed by atoms with van der Waals surface area (Å²) < 4.78 is 31.7. The van der Waals surface area contributed by atoms with Crippen LogP contribution in [0.15, 0.2) is 34.9 Å². The van der Waals surface area contributed by atoms with Gasteiger partial charge in [0.05, 0.1) is 10.7 Å².